The number of carbonyl (C=O) groups excluding carboxylic acids is 1. The summed E-state index contributed by atoms with van der Waals surface area (Å²) in [4.78, 5) is 13.1. The first-order valence-corrected chi connectivity index (χ1v) is 12.6. The third-order valence-corrected chi connectivity index (χ3v) is 9.14. The van der Waals surface area contributed by atoms with Crippen LogP contribution in [0.5, 0.6) is 5.75 Å². The van der Waals surface area contributed by atoms with Crippen molar-refractivity contribution in [3.8, 4) is 5.75 Å². The molecule has 2 N–H and O–H groups in total. The molecule has 4 bridgehead atoms. The van der Waals surface area contributed by atoms with Crippen LogP contribution in [-0.4, -0.2) is 33.5 Å². The van der Waals surface area contributed by atoms with Crippen LogP contribution in [0.1, 0.15) is 69.7 Å². The first kappa shape index (κ1) is 21.6. The van der Waals surface area contributed by atoms with Crippen molar-refractivity contribution in [3.63, 3.8) is 0 Å². The second-order valence-corrected chi connectivity index (χ2v) is 11.8. The third kappa shape index (κ3) is 3.98. The van der Waals surface area contributed by atoms with Crippen LogP contribution in [0.3, 0.4) is 0 Å². The minimum atomic E-state index is -3.78. The molecular formula is C23H34N2O4S. The standard InChI is InChI=1S/C23H34N2O4S/c1-14(2)25-30(27,28)21-10-19(5-6-20(21)29-4)22(26)24-15(3)23-11-16-7-17(12-23)9-18(8-16)13-23/h5-6,10,14-18,25H,7-9,11-13H2,1-4H3,(H,24,26)/t15-,16?,17?,18?,23?/m0/s1. The largest absolute Gasteiger partial charge is 0.495 e. The maximum atomic E-state index is 13.1. The normalized spacial score (nSPS) is 31.0. The Hall–Kier alpha value is -1.60. The van der Waals surface area contributed by atoms with Crippen molar-refractivity contribution in [2.24, 2.45) is 23.2 Å². The molecule has 1 amide bonds. The number of ether oxygens (including phenoxy) is 1. The maximum Gasteiger partial charge on any atom is 0.251 e. The molecule has 0 aromatic heterocycles. The summed E-state index contributed by atoms with van der Waals surface area (Å²) in [6.07, 6.45) is 7.72. The predicted molar refractivity (Wildman–Crippen MR) is 116 cm³/mol. The zero-order valence-electron chi connectivity index (χ0n) is 18.4. The summed E-state index contributed by atoms with van der Waals surface area (Å²) >= 11 is 0. The lowest BCUT2D eigenvalue weighted by Gasteiger charge is -2.59. The van der Waals surface area contributed by atoms with Crippen LogP contribution in [0, 0.1) is 23.2 Å². The number of hydrogen-bond donors (Lipinski definition) is 2. The van der Waals surface area contributed by atoms with E-state index in [9.17, 15) is 13.2 Å². The van der Waals surface area contributed by atoms with Gasteiger partial charge in [0.25, 0.3) is 5.91 Å². The average Bonchev–Trinajstić information content (AvgIpc) is 2.65. The van der Waals surface area contributed by atoms with Crippen molar-refractivity contribution in [1.82, 2.24) is 10.0 Å². The summed E-state index contributed by atoms with van der Waals surface area (Å²) in [6, 6.07) is 4.43. The number of methoxy groups -OCH3 is 1. The molecule has 4 saturated carbocycles. The Labute approximate surface area is 180 Å². The molecule has 1 atom stereocenters. The van der Waals surface area contributed by atoms with Crippen LogP contribution >= 0.6 is 0 Å². The number of amides is 1. The number of hydrogen-bond acceptors (Lipinski definition) is 4. The molecule has 0 unspecified atom stereocenters. The maximum absolute atomic E-state index is 13.1. The number of nitrogens with one attached hydrogen (secondary N) is 2. The zero-order chi connectivity index (χ0) is 21.7. The van der Waals surface area contributed by atoms with E-state index in [1.165, 1.54) is 51.7 Å². The highest BCUT2D eigenvalue weighted by atomic mass is 32.2. The molecule has 0 aliphatic heterocycles. The molecule has 4 aliphatic carbocycles. The molecular weight excluding hydrogens is 400 g/mol. The molecule has 4 fully saturated rings. The quantitative estimate of drug-likeness (QED) is 0.685. The van der Waals surface area contributed by atoms with Gasteiger partial charge in [-0.2, -0.15) is 0 Å². The second kappa shape index (κ2) is 7.83. The Balaban J connectivity index is 1.54. The van der Waals surface area contributed by atoms with Gasteiger partial charge in [0, 0.05) is 17.6 Å². The molecule has 4 aliphatic rings. The monoisotopic (exact) mass is 434 g/mol. The van der Waals surface area contributed by atoms with Gasteiger partial charge in [0.2, 0.25) is 10.0 Å². The Morgan fingerprint density at radius 1 is 1.07 bits per heavy atom. The van der Waals surface area contributed by atoms with Gasteiger partial charge in [-0.3, -0.25) is 4.79 Å². The highest BCUT2D eigenvalue weighted by Crippen LogP contribution is 2.61. The van der Waals surface area contributed by atoms with Gasteiger partial charge in [-0.25, -0.2) is 13.1 Å². The van der Waals surface area contributed by atoms with Crippen molar-refractivity contribution in [1.29, 1.82) is 0 Å². The molecule has 30 heavy (non-hydrogen) atoms. The van der Waals surface area contributed by atoms with Crippen molar-refractivity contribution < 1.29 is 17.9 Å². The van der Waals surface area contributed by atoms with E-state index in [1.54, 1.807) is 26.0 Å². The van der Waals surface area contributed by atoms with Gasteiger partial charge in [0.1, 0.15) is 10.6 Å². The molecule has 166 valence electrons. The lowest BCUT2D eigenvalue weighted by atomic mass is 9.48. The third-order valence-electron chi connectivity index (χ3n) is 7.46. The lowest BCUT2D eigenvalue weighted by molar-refractivity contribution is -0.0688. The van der Waals surface area contributed by atoms with Crippen LogP contribution in [0.2, 0.25) is 0 Å². The minimum absolute atomic E-state index is 0.00573. The second-order valence-electron chi connectivity index (χ2n) is 10.1. The lowest BCUT2D eigenvalue weighted by Crippen LogP contribution is -2.55. The topological polar surface area (TPSA) is 84.5 Å². The van der Waals surface area contributed by atoms with Gasteiger partial charge in [0.05, 0.1) is 7.11 Å². The zero-order valence-corrected chi connectivity index (χ0v) is 19.2. The van der Waals surface area contributed by atoms with Crippen LogP contribution in [0.15, 0.2) is 23.1 Å². The Morgan fingerprint density at radius 2 is 1.63 bits per heavy atom. The molecule has 1 aromatic rings. The highest BCUT2D eigenvalue weighted by Gasteiger charge is 2.53. The van der Waals surface area contributed by atoms with Crippen molar-refractivity contribution in [2.75, 3.05) is 7.11 Å². The SMILES string of the molecule is COc1ccc(C(=O)N[C@@H](C)C23CC4CC(CC(C4)C2)C3)cc1S(=O)(=O)NC(C)C. The Morgan fingerprint density at radius 3 is 2.13 bits per heavy atom. The fourth-order valence-corrected chi connectivity index (χ4v) is 7.99. The summed E-state index contributed by atoms with van der Waals surface area (Å²) in [5.74, 6) is 2.46. The van der Waals surface area contributed by atoms with Crippen LogP contribution in [0.4, 0.5) is 0 Å². The molecule has 5 rings (SSSR count). The van der Waals surface area contributed by atoms with Gasteiger partial charge in [-0.05, 0) is 101 Å². The summed E-state index contributed by atoms with van der Waals surface area (Å²) in [7, 11) is -2.35. The van der Waals surface area contributed by atoms with E-state index in [0.29, 0.717) is 5.56 Å². The van der Waals surface area contributed by atoms with Gasteiger partial charge in [-0.1, -0.05) is 0 Å². The molecule has 0 heterocycles. The molecule has 0 saturated heterocycles. The van der Waals surface area contributed by atoms with E-state index in [1.807, 2.05) is 0 Å². The summed E-state index contributed by atoms with van der Waals surface area (Å²) in [5.41, 5.74) is 0.543. The van der Waals surface area contributed by atoms with Crippen molar-refractivity contribution in [2.45, 2.75) is 76.3 Å². The van der Waals surface area contributed by atoms with E-state index >= 15 is 0 Å². The predicted octanol–water partition coefficient (Wildman–Crippen LogP) is 3.72. The first-order chi connectivity index (χ1) is 14.1. The molecule has 1 aromatic carbocycles. The van der Waals surface area contributed by atoms with E-state index in [2.05, 4.69) is 17.0 Å². The van der Waals surface area contributed by atoms with E-state index in [0.717, 1.165) is 17.8 Å². The highest BCUT2D eigenvalue weighted by molar-refractivity contribution is 7.89. The van der Waals surface area contributed by atoms with Crippen molar-refractivity contribution in [3.05, 3.63) is 23.8 Å². The first-order valence-electron chi connectivity index (χ1n) is 11.1. The smallest absolute Gasteiger partial charge is 0.251 e. The van der Waals surface area contributed by atoms with Crippen LogP contribution in [-0.2, 0) is 10.0 Å². The fourth-order valence-electron chi connectivity index (χ4n) is 6.54. The van der Waals surface area contributed by atoms with E-state index in [4.69, 9.17) is 4.74 Å². The van der Waals surface area contributed by atoms with Crippen molar-refractivity contribution >= 4 is 15.9 Å². The Bertz CT molecular complexity index is 890. The van der Waals surface area contributed by atoms with E-state index in [-0.39, 0.29) is 34.1 Å². The average molecular weight is 435 g/mol. The number of carbonyl (C=O) groups is 1. The van der Waals surface area contributed by atoms with Crippen LogP contribution in [0.25, 0.3) is 0 Å². The summed E-state index contributed by atoms with van der Waals surface area (Å²) in [6.45, 7) is 5.65. The van der Waals surface area contributed by atoms with Gasteiger partial charge >= 0.3 is 0 Å². The summed E-state index contributed by atoms with van der Waals surface area (Å²) < 4.78 is 33.3. The summed E-state index contributed by atoms with van der Waals surface area (Å²) in [5, 5.41) is 3.22. The molecule has 6 nitrogen and oxygen atoms in total. The number of sulfonamides is 1. The van der Waals surface area contributed by atoms with Gasteiger partial charge < -0.3 is 10.1 Å². The number of benzene rings is 1. The molecule has 0 spiro atoms. The Kier molecular flexibility index (Phi) is 5.64. The van der Waals surface area contributed by atoms with E-state index < -0.39 is 10.0 Å². The van der Waals surface area contributed by atoms with Gasteiger partial charge in [0.15, 0.2) is 0 Å². The van der Waals surface area contributed by atoms with Crippen LogP contribution < -0.4 is 14.8 Å². The van der Waals surface area contributed by atoms with Gasteiger partial charge in [-0.15, -0.1) is 0 Å². The molecule has 0 radical (unpaired) electrons. The minimum Gasteiger partial charge on any atom is -0.495 e. The fraction of sp³-hybridized carbons (Fsp3) is 0.696. The number of rotatable bonds is 7. The molecule has 7 heteroatoms.